The summed E-state index contributed by atoms with van der Waals surface area (Å²) in [4.78, 5) is 12.7. The van der Waals surface area contributed by atoms with Crippen molar-refractivity contribution in [3.05, 3.63) is 71.0 Å². The number of aromatic nitrogens is 4. The molecule has 0 aliphatic rings. The normalized spacial score (nSPS) is 11.9. The highest BCUT2D eigenvalue weighted by Crippen LogP contribution is 2.19. The molecule has 6 nitrogen and oxygen atoms in total. The molecule has 0 spiro atoms. The van der Waals surface area contributed by atoms with Gasteiger partial charge in [0.1, 0.15) is 12.4 Å². The molecule has 2 aromatic carbocycles. The molecular weight excluding hydrogens is 358 g/mol. The number of anilines is 1. The third-order valence-electron chi connectivity index (χ3n) is 3.35. The van der Waals surface area contributed by atoms with Gasteiger partial charge in [0.15, 0.2) is 0 Å². The lowest BCUT2D eigenvalue weighted by Crippen LogP contribution is -2.28. The highest BCUT2D eigenvalue weighted by molar-refractivity contribution is 9.10. The molecule has 1 amide bonds. The first kappa shape index (κ1) is 15.4. The third kappa shape index (κ3) is 4.01. The Kier molecular flexibility index (Phi) is 4.77. The van der Waals surface area contributed by atoms with Crippen molar-refractivity contribution in [2.24, 2.45) is 0 Å². The van der Waals surface area contributed by atoms with E-state index in [4.69, 9.17) is 0 Å². The van der Waals surface area contributed by atoms with Crippen molar-refractivity contribution in [3.63, 3.8) is 0 Å². The minimum absolute atomic E-state index is 0.167. The fourth-order valence-corrected chi connectivity index (χ4v) is 2.65. The maximum absolute atomic E-state index is 12.7. The van der Waals surface area contributed by atoms with Gasteiger partial charge in [-0.2, -0.15) is 0 Å². The standard InChI is InChI=1S/C16H14BrN5O/c17-13-7-4-8-14(10-13)19-16(23)15(22-11-18-20-21-22)9-12-5-2-1-3-6-12/h1-8,10-11,15H,9H2,(H,19,23)/t15-/m0/s1. The average molecular weight is 372 g/mol. The molecule has 3 rings (SSSR count). The quantitative estimate of drug-likeness (QED) is 0.748. The molecule has 1 heterocycles. The Labute approximate surface area is 141 Å². The molecule has 116 valence electrons. The molecule has 7 heteroatoms. The summed E-state index contributed by atoms with van der Waals surface area (Å²) in [5.74, 6) is -0.167. The van der Waals surface area contributed by atoms with Crippen molar-refractivity contribution in [3.8, 4) is 0 Å². The highest BCUT2D eigenvalue weighted by atomic mass is 79.9. The first-order valence-corrected chi connectivity index (χ1v) is 7.84. The summed E-state index contributed by atoms with van der Waals surface area (Å²) >= 11 is 3.39. The number of tetrazole rings is 1. The van der Waals surface area contributed by atoms with Crippen LogP contribution in [0.2, 0.25) is 0 Å². The van der Waals surface area contributed by atoms with Gasteiger partial charge < -0.3 is 5.32 Å². The van der Waals surface area contributed by atoms with Crippen LogP contribution in [0.4, 0.5) is 5.69 Å². The first-order chi connectivity index (χ1) is 11.2. The number of carbonyl (C=O) groups is 1. The average Bonchev–Trinajstić information content (AvgIpc) is 3.07. The van der Waals surface area contributed by atoms with Crippen LogP contribution in [0, 0.1) is 0 Å². The maximum atomic E-state index is 12.7. The van der Waals surface area contributed by atoms with E-state index in [1.54, 1.807) is 0 Å². The molecule has 0 bridgehead atoms. The summed E-state index contributed by atoms with van der Waals surface area (Å²) in [5.41, 5.74) is 1.76. The molecule has 0 aliphatic carbocycles. The van der Waals surface area contributed by atoms with Crippen molar-refractivity contribution in [2.45, 2.75) is 12.5 Å². The summed E-state index contributed by atoms with van der Waals surface area (Å²) in [6, 6.07) is 16.7. The van der Waals surface area contributed by atoms with Gasteiger partial charge in [-0.1, -0.05) is 52.3 Å². The van der Waals surface area contributed by atoms with E-state index in [0.29, 0.717) is 6.42 Å². The second kappa shape index (κ2) is 7.15. The summed E-state index contributed by atoms with van der Waals surface area (Å²) in [6.07, 6.45) is 1.96. The summed E-state index contributed by atoms with van der Waals surface area (Å²) in [5, 5.41) is 14.1. The Morgan fingerprint density at radius 2 is 2.00 bits per heavy atom. The molecule has 0 aliphatic heterocycles. The van der Waals surface area contributed by atoms with Crippen LogP contribution >= 0.6 is 15.9 Å². The number of hydrogen-bond acceptors (Lipinski definition) is 4. The van der Waals surface area contributed by atoms with Gasteiger partial charge in [-0.05, 0) is 34.2 Å². The fraction of sp³-hybridized carbons (Fsp3) is 0.125. The van der Waals surface area contributed by atoms with Gasteiger partial charge in [-0.25, -0.2) is 4.68 Å². The van der Waals surface area contributed by atoms with Crippen molar-refractivity contribution >= 4 is 27.5 Å². The lowest BCUT2D eigenvalue weighted by Gasteiger charge is -2.16. The van der Waals surface area contributed by atoms with Gasteiger partial charge >= 0.3 is 0 Å². The van der Waals surface area contributed by atoms with Gasteiger partial charge in [-0.15, -0.1) is 5.10 Å². The van der Waals surface area contributed by atoms with E-state index in [0.717, 1.165) is 15.7 Å². The summed E-state index contributed by atoms with van der Waals surface area (Å²) < 4.78 is 2.37. The van der Waals surface area contributed by atoms with E-state index in [1.807, 2.05) is 54.6 Å². The lowest BCUT2D eigenvalue weighted by molar-refractivity contribution is -0.119. The van der Waals surface area contributed by atoms with E-state index < -0.39 is 6.04 Å². The van der Waals surface area contributed by atoms with E-state index in [2.05, 4.69) is 36.8 Å². The molecule has 0 radical (unpaired) electrons. The van der Waals surface area contributed by atoms with Crippen LogP contribution in [-0.2, 0) is 11.2 Å². The fourth-order valence-electron chi connectivity index (χ4n) is 2.25. The monoisotopic (exact) mass is 371 g/mol. The second-order valence-corrected chi connectivity index (χ2v) is 5.91. The zero-order valence-electron chi connectivity index (χ0n) is 12.1. The predicted octanol–water partition coefficient (Wildman–Crippen LogP) is 2.86. The Hall–Kier alpha value is -2.54. The van der Waals surface area contributed by atoms with Crippen LogP contribution < -0.4 is 5.32 Å². The van der Waals surface area contributed by atoms with Crippen LogP contribution in [0.3, 0.4) is 0 Å². The lowest BCUT2D eigenvalue weighted by atomic mass is 10.1. The Morgan fingerprint density at radius 3 is 2.70 bits per heavy atom. The molecule has 23 heavy (non-hydrogen) atoms. The third-order valence-corrected chi connectivity index (χ3v) is 3.84. The number of amides is 1. The van der Waals surface area contributed by atoms with Gasteiger partial charge in [-0.3, -0.25) is 4.79 Å². The van der Waals surface area contributed by atoms with E-state index >= 15 is 0 Å². The number of rotatable bonds is 5. The number of carbonyl (C=O) groups excluding carboxylic acids is 1. The zero-order chi connectivity index (χ0) is 16.1. The van der Waals surface area contributed by atoms with E-state index in [1.165, 1.54) is 11.0 Å². The number of halogens is 1. The van der Waals surface area contributed by atoms with E-state index in [9.17, 15) is 4.79 Å². The maximum Gasteiger partial charge on any atom is 0.249 e. The van der Waals surface area contributed by atoms with Crippen LogP contribution in [0.1, 0.15) is 11.6 Å². The van der Waals surface area contributed by atoms with Crippen LogP contribution in [0.5, 0.6) is 0 Å². The zero-order valence-corrected chi connectivity index (χ0v) is 13.7. The predicted molar refractivity (Wildman–Crippen MR) is 89.8 cm³/mol. The molecule has 0 saturated heterocycles. The van der Waals surface area contributed by atoms with Gasteiger partial charge in [0, 0.05) is 16.6 Å². The first-order valence-electron chi connectivity index (χ1n) is 7.05. The minimum Gasteiger partial charge on any atom is -0.324 e. The highest BCUT2D eigenvalue weighted by Gasteiger charge is 2.22. The molecular formula is C16H14BrN5O. The van der Waals surface area contributed by atoms with Crippen LogP contribution in [0.15, 0.2) is 65.4 Å². The number of benzene rings is 2. The smallest absolute Gasteiger partial charge is 0.249 e. The molecule has 0 saturated carbocycles. The van der Waals surface area contributed by atoms with Crippen molar-refractivity contribution in [2.75, 3.05) is 5.32 Å². The molecule has 1 N–H and O–H groups in total. The summed E-state index contributed by atoms with van der Waals surface area (Å²) in [6.45, 7) is 0. The second-order valence-electron chi connectivity index (χ2n) is 4.99. The van der Waals surface area contributed by atoms with Crippen LogP contribution in [-0.4, -0.2) is 26.1 Å². The van der Waals surface area contributed by atoms with E-state index in [-0.39, 0.29) is 5.91 Å². The Bertz CT molecular complexity index is 776. The van der Waals surface area contributed by atoms with Crippen LogP contribution in [0.25, 0.3) is 0 Å². The number of nitrogens with zero attached hydrogens (tertiary/aromatic N) is 4. The van der Waals surface area contributed by atoms with Crippen molar-refractivity contribution in [1.29, 1.82) is 0 Å². The molecule has 0 fully saturated rings. The molecule has 0 unspecified atom stereocenters. The SMILES string of the molecule is O=C(Nc1cccc(Br)c1)[C@H](Cc1ccccc1)n1cnnn1. The summed E-state index contributed by atoms with van der Waals surface area (Å²) in [7, 11) is 0. The Balaban J connectivity index is 1.82. The number of hydrogen-bond donors (Lipinski definition) is 1. The number of nitrogens with one attached hydrogen (secondary N) is 1. The largest absolute Gasteiger partial charge is 0.324 e. The van der Waals surface area contributed by atoms with Gasteiger partial charge in [0.25, 0.3) is 0 Å². The molecule has 1 atom stereocenters. The molecule has 1 aromatic heterocycles. The van der Waals surface area contributed by atoms with Crippen molar-refractivity contribution < 1.29 is 4.79 Å². The van der Waals surface area contributed by atoms with Crippen molar-refractivity contribution in [1.82, 2.24) is 20.2 Å². The minimum atomic E-state index is -0.522. The van der Waals surface area contributed by atoms with Gasteiger partial charge in [0.05, 0.1) is 0 Å². The Morgan fingerprint density at radius 1 is 1.17 bits per heavy atom. The topological polar surface area (TPSA) is 72.7 Å². The molecule has 3 aromatic rings. The van der Waals surface area contributed by atoms with Gasteiger partial charge in [0.2, 0.25) is 5.91 Å².